The Morgan fingerprint density at radius 2 is 2.20 bits per heavy atom. The summed E-state index contributed by atoms with van der Waals surface area (Å²) in [6.07, 6.45) is 0.730. The van der Waals surface area contributed by atoms with Crippen LogP contribution >= 0.6 is 0 Å². The van der Waals surface area contributed by atoms with Crippen molar-refractivity contribution in [2.24, 2.45) is 10.9 Å². The Hall–Kier alpha value is -1.30. The Kier molecular flexibility index (Phi) is 7.35. The maximum atomic E-state index is 11.4. The van der Waals surface area contributed by atoms with E-state index in [0.717, 1.165) is 0 Å². The van der Waals surface area contributed by atoms with Crippen LogP contribution in [0.2, 0.25) is 0 Å². The van der Waals surface area contributed by atoms with E-state index in [4.69, 9.17) is 15.7 Å². The van der Waals surface area contributed by atoms with Gasteiger partial charge in [-0.3, -0.25) is 4.79 Å². The molecule has 6 nitrogen and oxygen atoms in total. The molecule has 15 heavy (non-hydrogen) atoms. The van der Waals surface area contributed by atoms with Crippen molar-refractivity contribution in [2.75, 3.05) is 26.8 Å². The smallest absolute Gasteiger partial charge is 0.224 e. The quantitative estimate of drug-likeness (QED) is 0.207. The highest BCUT2D eigenvalue weighted by atomic mass is 16.5. The number of hydrogen-bond donors (Lipinski definition) is 2. The Bertz CT molecular complexity index is 219. The molecule has 0 heterocycles. The summed E-state index contributed by atoms with van der Waals surface area (Å²) in [4.78, 5) is 13.0. The van der Waals surface area contributed by atoms with Gasteiger partial charge in [0, 0.05) is 26.6 Å². The van der Waals surface area contributed by atoms with E-state index in [1.54, 1.807) is 7.05 Å². The SMILES string of the molecule is CCOCCC(=O)N(C)CCC(N)=NO. The van der Waals surface area contributed by atoms with Crippen LogP contribution in [0.4, 0.5) is 0 Å². The minimum Gasteiger partial charge on any atom is -0.409 e. The molecule has 0 fully saturated rings. The van der Waals surface area contributed by atoms with Crippen molar-refractivity contribution in [1.82, 2.24) is 4.90 Å². The van der Waals surface area contributed by atoms with Crippen molar-refractivity contribution >= 4 is 11.7 Å². The largest absolute Gasteiger partial charge is 0.409 e. The molecule has 0 saturated heterocycles. The lowest BCUT2D eigenvalue weighted by molar-refractivity contribution is -0.130. The van der Waals surface area contributed by atoms with Crippen LogP contribution < -0.4 is 5.73 Å². The molecular formula is C9H19N3O3. The molecule has 1 amide bonds. The summed E-state index contributed by atoms with van der Waals surface area (Å²) in [5.74, 6) is 0.119. The van der Waals surface area contributed by atoms with Gasteiger partial charge in [-0.25, -0.2) is 0 Å². The Morgan fingerprint density at radius 1 is 1.53 bits per heavy atom. The van der Waals surface area contributed by atoms with Crippen LogP contribution in [0.15, 0.2) is 5.16 Å². The third kappa shape index (κ3) is 6.73. The van der Waals surface area contributed by atoms with Crippen LogP contribution in [0.3, 0.4) is 0 Å². The molecule has 88 valence electrons. The first kappa shape index (κ1) is 13.7. The predicted molar refractivity (Wildman–Crippen MR) is 56.8 cm³/mol. The minimum absolute atomic E-state index is 0.00538. The average Bonchev–Trinajstić information content (AvgIpc) is 2.25. The molecule has 0 unspecified atom stereocenters. The van der Waals surface area contributed by atoms with Gasteiger partial charge in [0.1, 0.15) is 5.84 Å². The summed E-state index contributed by atoms with van der Waals surface area (Å²) in [7, 11) is 1.68. The molecule has 0 saturated carbocycles. The standard InChI is InChI=1S/C9H19N3O3/c1-3-15-7-5-9(13)12(2)6-4-8(10)11-14/h14H,3-7H2,1-2H3,(H2,10,11). The molecule has 6 heteroatoms. The lowest BCUT2D eigenvalue weighted by Crippen LogP contribution is -2.31. The monoisotopic (exact) mass is 217 g/mol. The number of oxime groups is 1. The van der Waals surface area contributed by atoms with Gasteiger partial charge in [0.15, 0.2) is 0 Å². The van der Waals surface area contributed by atoms with E-state index >= 15 is 0 Å². The van der Waals surface area contributed by atoms with E-state index in [1.165, 1.54) is 4.90 Å². The molecule has 0 aromatic carbocycles. The summed E-state index contributed by atoms with van der Waals surface area (Å²) in [5, 5.41) is 11.1. The van der Waals surface area contributed by atoms with Crippen molar-refractivity contribution in [3.05, 3.63) is 0 Å². The van der Waals surface area contributed by atoms with E-state index in [1.807, 2.05) is 6.92 Å². The third-order valence-corrected chi connectivity index (χ3v) is 1.92. The maximum absolute atomic E-state index is 11.4. The summed E-state index contributed by atoms with van der Waals surface area (Å²) in [6.45, 7) is 3.37. The molecule has 0 aliphatic rings. The normalized spacial score (nSPS) is 11.5. The van der Waals surface area contributed by atoms with E-state index in [9.17, 15) is 4.79 Å². The zero-order chi connectivity index (χ0) is 11.7. The van der Waals surface area contributed by atoms with Gasteiger partial charge in [0.2, 0.25) is 5.91 Å². The van der Waals surface area contributed by atoms with Crippen LogP contribution in [0.25, 0.3) is 0 Å². The second-order valence-electron chi connectivity index (χ2n) is 3.10. The molecule has 0 rings (SSSR count). The molecule has 0 radical (unpaired) electrons. The van der Waals surface area contributed by atoms with Gasteiger partial charge in [-0.05, 0) is 6.92 Å². The van der Waals surface area contributed by atoms with Gasteiger partial charge in [-0.1, -0.05) is 5.16 Å². The number of carbonyl (C=O) groups is 1. The number of carbonyl (C=O) groups excluding carboxylic acids is 1. The van der Waals surface area contributed by atoms with Crippen molar-refractivity contribution in [3.8, 4) is 0 Å². The second kappa shape index (κ2) is 8.05. The Labute approximate surface area is 89.7 Å². The van der Waals surface area contributed by atoms with Crippen LogP contribution in [-0.2, 0) is 9.53 Å². The van der Waals surface area contributed by atoms with Crippen molar-refractivity contribution in [2.45, 2.75) is 19.8 Å². The number of rotatable bonds is 7. The minimum atomic E-state index is -0.00538. The van der Waals surface area contributed by atoms with E-state index < -0.39 is 0 Å². The van der Waals surface area contributed by atoms with E-state index in [2.05, 4.69) is 5.16 Å². The second-order valence-corrected chi connectivity index (χ2v) is 3.10. The first-order valence-electron chi connectivity index (χ1n) is 4.90. The first-order valence-corrected chi connectivity index (χ1v) is 4.90. The molecule has 3 N–H and O–H groups in total. The fraction of sp³-hybridized carbons (Fsp3) is 0.778. The highest BCUT2D eigenvalue weighted by molar-refractivity contribution is 5.81. The molecule has 0 aromatic heterocycles. The van der Waals surface area contributed by atoms with Gasteiger partial charge in [-0.15, -0.1) is 0 Å². The van der Waals surface area contributed by atoms with Gasteiger partial charge in [-0.2, -0.15) is 0 Å². The molecule has 0 spiro atoms. The molecule has 0 aliphatic heterocycles. The highest BCUT2D eigenvalue weighted by Gasteiger charge is 2.08. The topological polar surface area (TPSA) is 88.2 Å². The van der Waals surface area contributed by atoms with Crippen molar-refractivity contribution in [1.29, 1.82) is 0 Å². The summed E-state index contributed by atoms with van der Waals surface area (Å²) in [6, 6.07) is 0. The Balaban J connectivity index is 3.69. The molecule has 0 atom stereocenters. The van der Waals surface area contributed by atoms with Crippen LogP contribution in [-0.4, -0.2) is 48.7 Å². The maximum Gasteiger partial charge on any atom is 0.224 e. The lowest BCUT2D eigenvalue weighted by atomic mass is 10.3. The zero-order valence-electron chi connectivity index (χ0n) is 9.27. The van der Waals surface area contributed by atoms with Crippen LogP contribution in [0, 0.1) is 0 Å². The average molecular weight is 217 g/mol. The van der Waals surface area contributed by atoms with Crippen LogP contribution in [0.5, 0.6) is 0 Å². The van der Waals surface area contributed by atoms with Crippen molar-refractivity contribution < 1.29 is 14.7 Å². The van der Waals surface area contributed by atoms with Gasteiger partial charge in [0.05, 0.1) is 13.0 Å². The third-order valence-electron chi connectivity index (χ3n) is 1.92. The molecule has 0 aliphatic carbocycles. The van der Waals surface area contributed by atoms with E-state index in [0.29, 0.717) is 32.6 Å². The fourth-order valence-corrected chi connectivity index (χ4v) is 0.952. The predicted octanol–water partition coefficient (Wildman–Crippen LogP) is 0.00790. The van der Waals surface area contributed by atoms with Crippen LogP contribution in [0.1, 0.15) is 19.8 Å². The lowest BCUT2D eigenvalue weighted by Gasteiger charge is -2.16. The van der Waals surface area contributed by atoms with Crippen molar-refractivity contribution in [3.63, 3.8) is 0 Å². The summed E-state index contributed by atoms with van der Waals surface area (Å²) in [5.41, 5.74) is 5.28. The number of amidine groups is 1. The van der Waals surface area contributed by atoms with E-state index in [-0.39, 0.29) is 11.7 Å². The first-order chi connectivity index (χ1) is 7.11. The van der Waals surface area contributed by atoms with Gasteiger partial charge in [0.25, 0.3) is 0 Å². The Morgan fingerprint density at radius 3 is 2.73 bits per heavy atom. The summed E-state index contributed by atoms with van der Waals surface area (Å²) < 4.78 is 5.07. The number of hydrogen-bond acceptors (Lipinski definition) is 4. The zero-order valence-corrected chi connectivity index (χ0v) is 9.27. The molecule has 0 aromatic rings. The highest BCUT2D eigenvalue weighted by Crippen LogP contribution is 1.94. The number of ether oxygens (including phenoxy) is 1. The summed E-state index contributed by atoms with van der Waals surface area (Å²) >= 11 is 0. The fourth-order valence-electron chi connectivity index (χ4n) is 0.952. The number of nitrogens with two attached hydrogens (primary N) is 1. The van der Waals surface area contributed by atoms with Gasteiger partial charge >= 0.3 is 0 Å². The molecule has 0 bridgehead atoms. The molecular weight excluding hydrogens is 198 g/mol. The number of nitrogens with zero attached hydrogens (tertiary/aromatic N) is 2. The van der Waals surface area contributed by atoms with Gasteiger partial charge < -0.3 is 20.6 Å². The number of amides is 1.